The quantitative estimate of drug-likeness (QED) is 0.820. The van der Waals surface area contributed by atoms with Gasteiger partial charge in [-0.1, -0.05) is 26.2 Å². The first-order valence-corrected chi connectivity index (χ1v) is 6.53. The van der Waals surface area contributed by atoms with Gasteiger partial charge in [0.1, 0.15) is 0 Å². The van der Waals surface area contributed by atoms with Crippen LogP contribution in [0.4, 0.5) is 0 Å². The van der Waals surface area contributed by atoms with E-state index in [1.165, 1.54) is 43.5 Å². The molecule has 0 radical (unpaired) electrons. The van der Waals surface area contributed by atoms with Crippen molar-refractivity contribution in [2.75, 3.05) is 0 Å². The molecule has 0 aromatic carbocycles. The lowest BCUT2D eigenvalue weighted by atomic mass is 9.83. The van der Waals surface area contributed by atoms with Gasteiger partial charge in [0, 0.05) is 18.3 Å². The lowest BCUT2D eigenvalue weighted by molar-refractivity contribution is 0.254. The van der Waals surface area contributed by atoms with E-state index < -0.39 is 0 Å². The molecule has 2 atom stereocenters. The molecule has 1 aromatic rings. The maximum absolute atomic E-state index is 4.33. The van der Waals surface area contributed by atoms with Gasteiger partial charge >= 0.3 is 0 Å². The van der Waals surface area contributed by atoms with Crippen LogP contribution in [0.3, 0.4) is 0 Å². The molecule has 90 valence electrons. The first-order valence-electron chi connectivity index (χ1n) is 6.53. The summed E-state index contributed by atoms with van der Waals surface area (Å²) < 4.78 is 0. The highest BCUT2D eigenvalue weighted by Gasteiger charge is 2.23. The lowest BCUT2D eigenvalue weighted by Crippen LogP contribution is -2.38. The largest absolute Gasteiger partial charge is 0.348 e. The van der Waals surface area contributed by atoms with E-state index in [9.17, 15) is 0 Å². The third-order valence-corrected chi connectivity index (χ3v) is 3.90. The van der Waals surface area contributed by atoms with Crippen molar-refractivity contribution in [3.63, 3.8) is 0 Å². The van der Waals surface area contributed by atoms with Crippen molar-refractivity contribution < 1.29 is 0 Å². The standard InChI is InChI=1S/C13H23N3/c1-3-11-6-4-5-7-12(11)14-8-13-10(2)15-9-16-13/h9,11-12,14H,3-8H2,1-2H3,(H,15,16). The molecule has 2 unspecified atom stereocenters. The summed E-state index contributed by atoms with van der Waals surface area (Å²) in [6, 6.07) is 0.704. The van der Waals surface area contributed by atoms with Gasteiger partial charge in [0.25, 0.3) is 0 Å². The number of nitrogens with one attached hydrogen (secondary N) is 2. The molecular weight excluding hydrogens is 198 g/mol. The Hall–Kier alpha value is -0.830. The zero-order valence-electron chi connectivity index (χ0n) is 10.4. The summed E-state index contributed by atoms with van der Waals surface area (Å²) >= 11 is 0. The Balaban J connectivity index is 1.86. The third-order valence-electron chi connectivity index (χ3n) is 3.90. The molecule has 1 aliphatic rings. The summed E-state index contributed by atoms with van der Waals surface area (Å²) in [6.07, 6.45) is 8.61. The Bertz CT molecular complexity index is 319. The van der Waals surface area contributed by atoms with Gasteiger partial charge in [0.2, 0.25) is 0 Å². The lowest BCUT2D eigenvalue weighted by Gasteiger charge is -2.31. The predicted molar refractivity (Wildman–Crippen MR) is 66.2 cm³/mol. The number of imidazole rings is 1. The fourth-order valence-corrected chi connectivity index (χ4v) is 2.76. The summed E-state index contributed by atoms with van der Waals surface area (Å²) in [5.74, 6) is 0.869. The summed E-state index contributed by atoms with van der Waals surface area (Å²) in [5, 5.41) is 3.68. The molecule has 0 bridgehead atoms. The van der Waals surface area contributed by atoms with Crippen LogP contribution in [0.25, 0.3) is 0 Å². The maximum Gasteiger partial charge on any atom is 0.0925 e. The molecule has 2 rings (SSSR count). The van der Waals surface area contributed by atoms with Crippen molar-refractivity contribution in [3.05, 3.63) is 17.7 Å². The second kappa shape index (κ2) is 5.48. The van der Waals surface area contributed by atoms with E-state index in [1.54, 1.807) is 6.33 Å². The van der Waals surface area contributed by atoms with Crippen LogP contribution in [0.15, 0.2) is 6.33 Å². The van der Waals surface area contributed by atoms with E-state index in [4.69, 9.17) is 0 Å². The zero-order chi connectivity index (χ0) is 11.4. The second-order valence-corrected chi connectivity index (χ2v) is 4.91. The van der Waals surface area contributed by atoms with E-state index in [1.807, 2.05) is 0 Å². The molecule has 1 fully saturated rings. The van der Waals surface area contributed by atoms with Crippen molar-refractivity contribution in [2.24, 2.45) is 5.92 Å². The molecule has 1 heterocycles. The van der Waals surface area contributed by atoms with Gasteiger partial charge in [-0.05, 0) is 25.7 Å². The molecular formula is C13H23N3. The average Bonchev–Trinajstić information content (AvgIpc) is 2.72. The minimum absolute atomic E-state index is 0.704. The highest BCUT2D eigenvalue weighted by atomic mass is 15.0. The first kappa shape index (κ1) is 11.6. The molecule has 1 aliphatic carbocycles. The van der Waals surface area contributed by atoms with Crippen LogP contribution in [0.2, 0.25) is 0 Å². The number of nitrogens with zero attached hydrogens (tertiary/aromatic N) is 1. The Morgan fingerprint density at radius 2 is 2.25 bits per heavy atom. The van der Waals surface area contributed by atoms with Gasteiger partial charge < -0.3 is 10.3 Å². The number of rotatable bonds is 4. The Morgan fingerprint density at radius 1 is 1.44 bits per heavy atom. The highest BCUT2D eigenvalue weighted by Crippen LogP contribution is 2.26. The molecule has 2 N–H and O–H groups in total. The van der Waals surface area contributed by atoms with Crippen molar-refractivity contribution in [1.82, 2.24) is 15.3 Å². The van der Waals surface area contributed by atoms with E-state index in [0.717, 1.165) is 12.5 Å². The number of aryl methyl sites for hydroxylation is 1. The summed E-state index contributed by atoms with van der Waals surface area (Å²) in [4.78, 5) is 7.46. The number of H-pyrrole nitrogens is 1. The predicted octanol–water partition coefficient (Wildman–Crippen LogP) is 2.78. The van der Waals surface area contributed by atoms with Crippen molar-refractivity contribution >= 4 is 0 Å². The van der Waals surface area contributed by atoms with Crippen LogP contribution in [-0.2, 0) is 6.54 Å². The van der Waals surface area contributed by atoms with Crippen LogP contribution in [0.1, 0.15) is 50.4 Å². The number of hydrogen-bond donors (Lipinski definition) is 2. The normalized spacial score (nSPS) is 25.9. The van der Waals surface area contributed by atoms with Gasteiger partial charge in [-0.2, -0.15) is 0 Å². The molecule has 0 spiro atoms. The third kappa shape index (κ3) is 2.64. The minimum Gasteiger partial charge on any atom is -0.348 e. The Labute approximate surface area is 98.1 Å². The van der Waals surface area contributed by atoms with E-state index in [-0.39, 0.29) is 0 Å². The molecule has 3 nitrogen and oxygen atoms in total. The minimum atomic E-state index is 0.704. The van der Waals surface area contributed by atoms with Crippen molar-refractivity contribution in [1.29, 1.82) is 0 Å². The SMILES string of the molecule is CCC1CCCCC1NCc1nc[nH]c1C. The fraction of sp³-hybridized carbons (Fsp3) is 0.769. The average molecular weight is 221 g/mol. The molecule has 16 heavy (non-hydrogen) atoms. The van der Waals surface area contributed by atoms with Crippen molar-refractivity contribution in [3.8, 4) is 0 Å². The van der Waals surface area contributed by atoms with E-state index in [0.29, 0.717) is 6.04 Å². The second-order valence-electron chi connectivity index (χ2n) is 4.91. The fourth-order valence-electron chi connectivity index (χ4n) is 2.76. The highest BCUT2D eigenvalue weighted by molar-refractivity contribution is 5.08. The van der Waals surface area contributed by atoms with Gasteiger partial charge in [-0.3, -0.25) is 0 Å². The maximum atomic E-state index is 4.33. The van der Waals surface area contributed by atoms with E-state index in [2.05, 4.69) is 29.1 Å². The summed E-state index contributed by atoms with van der Waals surface area (Å²) in [5.41, 5.74) is 2.36. The van der Waals surface area contributed by atoms with Gasteiger partial charge in [0.05, 0.1) is 12.0 Å². The molecule has 0 saturated heterocycles. The molecule has 1 aromatic heterocycles. The number of hydrogen-bond acceptors (Lipinski definition) is 2. The van der Waals surface area contributed by atoms with Crippen molar-refractivity contribution in [2.45, 2.75) is 58.5 Å². The molecule has 3 heteroatoms. The van der Waals surface area contributed by atoms with Gasteiger partial charge in [-0.25, -0.2) is 4.98 Å². The van der Waals surface area contributed by atoms with Crippen LogP contribution in [-0.4, -0.2) is 16.0 Å². The Morgan fingerprint density at radius 3 is 2.94 bits per heavy atom. The number of aromatic amines is 1. The van der Waals surface area contributed by atoms with Crippen LogP contribution >= 0.6 is 0 Å². The van der Waals surface area contributed by atoms with Crippen LogP contribution in [0.5, 0.6) is 0 Å². The van der Waals surface area contributed by atoms with Crippen LogP contribution in [0, 0.1) is 12.8 Å². The number of aromatic nitrogens is 2. The van der Waals surface area contributed by atoms with Gasteiger partial charge in [-0.15, -0.1) is 0 Å². The summed E-state index contributed by atoms with van der Waals surface area (Å²) in [7, 11) is 0. The van der Waals surface area contributed by atoms with Crippen LogP contribution < -0.4 is 5.32 Å². The topological polar surface area (TPSA) is 40.7 Å². The zero-order valence-corrected chi connectivity index (χ0v) is 10.4. The smallest absolute Gasteiger partial charge is 0.0925 e. The first-order chi connectivity index (χ1) is 7.81. The molecule has 1 saturated carbocycles. The van der Waals surface area contributed by atoms with Gasteiger partial charge in [0.15, 0.2) is 0 Å². The summed E-state index contributed by atoms with van der Waals surface area (Å²) in [6.45, 7) is 5.31. The van der Waals surface area contributed by atoms with E-state index >= 15 is 0 Å². The molecule has 0 amide bonds. The monoisotopic (exact) mass is 221 g/mol. The Kier molecular flexibility index (Phi) is 3.99. The molecule has 0 aliphatic heterocycles.